The van der Waals surface area contributed by atoms with E-state index in [1.165, 1.54) is 0 Å². The number of benzene rings is 2. The highest BCUT2D eigenvalue weighted by Crippen LogP contribution is 2.32. The maximum absolute atomic E-state index is 11.5. The lowest BCUT2D eigenvalue weighted by molar-refractivity contribution is -0.383. The van der Waals surface area contributed by atoms with E-state index in [1.54, 1.807) is 55.6 Å². The molecule has 29 heavy (non-hydrogen) atoms. The second-order valence-electron chi connectivity index (χ2n) is 5.83. The Hall–Kier alpha value is -4.08. The average Bonchev–Trinajstić information content (AvgIpc) is 2.69. The number of ether oxygens (including phenoxy) is 2. The fourth-order valence-corrected chi connectivity index (χ4v) is 2.56. The fraction of sp³-hybridized carbons (Fsp3) is 0.158. The number of nitrogens with two attached hydrogens (primary N) is 1. The zero-order valence-corrected chi connectivity index (χ0v) is 15.9. The molecule has 0 aliphatic carbocycles. The van der Waals surface area contributed by atoms with Crippen molar-refractivity contribution < 1.29 is 14.4 Å². The van der Waals surface area contributed by atoms with Crippen LogP contribution in [0.1, 0.15) is 6.92 Å². The summed E-state index contributed by atoms with van der Waals surface area (Å²) in [5.41, 5.74) is 6.65. The van der Waals surface area contributed by atoms with Gasteiger partial charge in [0.15, 0.2) is 0 Å². The third-order valence-electron chi connectivity index (χ3n) is 3.85. The van der Waals surface area contributed by atoms with E-state index >= 15 is 0 Å². The molecule has 0 unspecified atom stereocenters. The molecule has 0 aliphatic heterocycles. The standard InChI is InChI=1S/C19H20N6O4/c1-3-29-14-9-7-12(8-10-14)21-18-16(25(26)27)17(20)23-19(24-18)22-13-5-4-6-15(11-13)28-2/h4-11H,3H2,1-2H3,(H4,20,21,22,23,24). The lowest BCUT2D eigenvalue weighted by Gasteiger charge is -2.11. The Morgan fingerprint density at radius 1 is 1.07 bits per heavy atom. The van der Waals surface area contributed by atoms with Gasteiger partial charge in [-0.25, -0.2) is 0 Å². The van der Waals surface area contributed by atoms with E-state index in [2.05, 4.69) is 20.6 Å². The van der Waals surface area contributed by atoms with E-state index in [-0.39, 0.29) is 17.6 Å². The Bertz CT molecular complexity index is 1010. The molecule has 0 bridgehead atoms. The molecule has 10 nitrogen and oxygen atoms in total. The SMILES string of the molecule is CCOc1ccc(Nc2nc(Nc3cccc(OC)c3)nc(N)c2[N+](=O)[O-])cc1. The molecule has 1 heterocycles. The van der Waals surface area contributed by atoms with Crippen molar-refractivity contribution in [2.45, 2.75) is 6.92 Å². The molecule has 1 aromatic heterocycles. The van der Waals surface area contributed by atoms with E-state index in [0.717, 1.165) is 0 Å². The normalized spacial score (nSPS) is 10.3. The van der Waals surface area contributed by atoms with Crippen molar-refractivity contribution in [3.05, 3.63) is 58.6 Å². The highest BCUT2D eigenvalue weighted by molar-refractivity contribution is 5.75. The number of aromatic nitrogens is 2. The Labute approximate surface area is 166 Å². The van der Waals surface area contributed by atoms with Crippen molar-refractivity contribution in [1.29, 1.82) is 0 Å². The first-order valence-electron chi connectivity index (χ1n) is 8.73. The zero-order chi connectivity index (χ0) is 20.8. The molecule has 3 rings (SSSR count). The van der Waals surface area contributed by atoms with E-state index in [9.17, 15) is 10.1 Å². The van der Waals surface area contributed by atoms with Gasteiger partial charge in [0, 0.05) is 17.4 Å². The molecule has 0 saturated heterocycles. The van der Waals surface area contributed by atoms with Gasteiger partial charge in [0.1, 0.15) is 11.5 Å². The van der Waals surface area contributed by atoms with Gasteiger partial charge in [0.25, 0.3) is 0 Å². The number of hydrogen-bond acceptors (Lipinski definition) is 9. The Balaban J connectivity index is 1.92. The molecule has 4 N–H and O–H groups in total. The van der Waals surface area contributed by atoms with Crippen LogP contribution in [0.2, 0.25) is 0 Å². The minimum absolute atomic E-state index is 0.0305. The molecule has 10 heteroatoms. The van der Waals surface area contributed by atoms with E-state index in [0.29, 0.717) is 29.5 Å². The number of nitrogen functional groups attached to an aromatic ring is 1. The minimum atomic E-state index is -0.623. The first kappa shape index (κ1) is 19.7. The van der Waals surface area contributed by atoms with Gasteiger partial charge >= 0.3 is 5.69 Å². The van der Waals surface area contributed by atoms with Crippen LogP contribution in [0, 0.1) is 10.1 Å². The number of hydrogen-bond donors (Lipinski definition) is 3. The summed E-state index contributed by atoms with van der Waals surface area (Å²) in [5.74, 6) is 1.14. The first-order chi connectivity index (χ1) is 14.0. The van der Waals surface area contributed by atoms with Crippen LogP contribution in [0.25, 0.3) is 0 Å². The smallest absolute Gasteiger partial charge is 0.353 e. The number of anilines is 5. The Morgan fingerprint density at radius 3 is 2.48 bits per heavy atom. The van der Waals surface area contributed by atoms with Crippen LogP contribution >= 0.6 is 0 Å². The molecule has 0 amide bonds. The molecule has 0 atom stereocenters. The zero-order valence-electron chi connectivity index (χ0n) is 15.9. The van der Waals surface area contributed by atoms with Crippen molar-refractivity contribution in [1.82, 2.24) is 9.97 Å². The van der Waals surface area contributed by atoms with Gasteiger partial charge in [0.05, 0.1) is 18.6 Å². The lowest BCUT2D eigenvalue weighted by atomic mass is 10.3. The van der Waals surface area contributed by atoms with Gasteiger partial charge in [-0.3, -0.25) is 10.1 Å². The number of nitrogens with one attached hydrogen (secondary N) is 2. The maximum atomic E-state index is 11.5. The summed E-state index contributed by atoms with van der Waals surface area (Å²) in [5, 5.41) is 17.4. The summed E-state index contributed by atoms with van der Waals surface area (Å²) in [6, 6.07) is 14.0. The quantitative estimate of drug-likeness (QED) is 0.383. The minimum Gasteiger partial charge on any atom is -0.497 e. The highest BCUT2D eigenvalue weighted by atomic mass is 16.6. The van der Waals surface area contributed by atoms with Crippen LogP contribution in [0.5, 0.6) is 11.5 Å². The predicted molar refractivity (Wildman–Crippen MR) is 110 cm³/mol. The molecule has 0 saturated carbocycles. The number of rotatable bonds is 8. The number of nitro groups is 1. The average molecular weight is 396 g/mol. The van der Waals surface area contributed by atoms with Crippen molar-refractivity contribution >= 4 is 34.6 Å². The van der Waals surface area contributed by atoms with E-state index in [1.807, 2.05) is 6.92 Å². The van der Waals surface area contributed by atoms with Crippen LogP contribution in [-0.4, -0.2) is 28.6 Å². The molecule has 0 fully saturated rings. The van der Waals surface area contributed by atoms with Crippen molar-refractivity contribution in [3.8, 4) is 11.5 Å². The Morgan fingerprint density at radius 2 is 1.83 bits per heavy atom. The van der Waals surface area contributed by atoms with E-state index < -0.39 is 10.6 Å². The van der Waals surface area contributed by atoms with Gasteiger partial charge in [-0.15, -0.1) is 0 Å². The second-order valence-corrected chi connectivity index (χ2v) is 5.83. The highest BCUT2D eigenvalue weighted by Gasteiger charge is 2.23. The van der Waals surface area contributed by atoms with E-state index in [4.69, 9.17) is 15.2 Å². The maximum Gasteiger partial charge on any atom is 0.353 e. The van der Waals surface area contributed by atoms with Gasteiger partial charge < -0.3 is 25.8 Å². The van der Waals surface area contributed by atoms with Crippen molar-refractivity contribution in [3.63, 3.8) is 0 Å². The molecular formula is C19H20N6O4. The molecule has 3 aromatic rings. The summed E-state index contributed by atoms with van der Waals surface area (Å²) in [6.45, 7) is 2.43. The van der Waals surface area contributed by atoms with Gasteiger partial charge in [-0.2, -0.15) is 9.97 Å². The second kappa shape index (κ2) is 8.74. The molecule has 0 spiro atoms. The topological polar surface area (TPSA) is 137 Å². The van der Waals surface area contributed by atoms with Crippen LogP contribution < -0.4 is 25.8 Å². The van der Waals surface area contributed by atoms with Crippen LogP contribution in [0.3, 0.4) is 0 Å². The first-order valence-corrected chi connectivity index (χ1v) is 8.73. The van der Waals surface area contributed by atoms with Crippen LogP contribution in [0.15, 0.2) is 48.5 Å². The molecule has 150 valence electrons. The summed E-state index contributed by atoms with van der Waals surface area (Å²) in [6.07, 6.45) is 0. The van der Waals surface area contributed by atoms with Crippen LogP contribution in [-0.2, 0) is 0 Å². The van der Waals surface area contributed by atoms with Gasteiger partial charge in [-0.05, 0) is 43.3 Å². The number of methoxy groups -OCH3 is 1. The summed E-state index contributed by atoms with van der Waals surface area (Å²) in [7, 11) is 1.55. The van der Waals surface area contributed by atoms with Gasteiger partial charge in [-0.1, -0.05) is 6.07 Å². The molecule has 2 aromatic carbocycles. The lowest BCUT2D eigenvalue weighted by Crippen LogP contribution is -2.08. The monoisotopic (exact) mass is 396 g/mol. The summed E-state index contributed by atoms with van der Waals surface area (Å²) in [4.78, 5) is 19.1. The third kappa shape index (κ3) is 4.80. The van der Waals surface area contributed by atoms with Crippen molar-refractivity contribution in [2.75, 3.05) is 30.1 Å². The molecule has 0 radical (unpaired) electrons. The van der Waals surface area contributed by atoms with Crippen molar-refractivity contribution in [2.24, 2.45) is 0 Å². The summed E-state index contributed by atoms with van der Waals surface area (Å²) >= 11 is 0. The predicted octanol–water partition coefficient (Wildman–Crippen LogP) is 3.86. The Kier molecular flexibility index (Phi) is 5.93. The fourth-order valence-electron chi connectivity index (χ4n) is 2.56. The van der Waals surface area contributed by atoms with Crippen LogP contribution in [0.4, 0.5) is 34.6 Å². The molecular weight excluding hydrogens is 376 g/mol. The third-order valence-corrected chi connectivity index (χ3v) is 3.85. The number of nitrogens with zero attached hydrogens (tertiary/aromatic N) is 3. The van der Waals surface area contributed by atoms with Gasteiger partial charge in [0.2, 0.25) is 17.6 Å². The molecule has 0 aliphatic rings. The largest absolute Gasteiger partial charge is 0.497 e. The summed E-state index contributed by atoms with van der Waals surface area (Å²) < 4.78 is 10.6.